The van der Waals surface area contributed by atoms with Gasteiger partial charge in [-0.25, -0.2) is 9.78 Å². The summed E-state index contributed by atoms with van der Waals surface area (Å²) in [6.07, 6.45) is 0. The molecule has 0 spiro atoms. The third-order valence-corrected chi connectivity index (χ3v) is 6.76. The number of carbonyl (C=O) groups excluding carboxylic acids is 2. The molecule has 0 amide bonds. The minimum atomic E-state index is -0.595. The topological polar surface area (TPSA) is 56.3 Å². The van der Waals surface area contributed by atoms with Crippen LogP contribution in [0.2, 0.25) is 0 Å². The average molecular weight is 425 g/mol. The number of hydrogen-bond donors (Lipinski definition) is 0. The van der Waals surface area contributed by atoms with Crippen LogP contribution in [-0.4, -0.2) is 23.8 Å². The molecule has 0 N–H and O–H groups in total. The standard InChI is InChI=1S/C11H7Br2NO3S2/c1-4(15)8-7(11(16)17-2)14-10(19-8)6-3-5(12)9(13)18-6/h3H,1-2H3. The van der Waals surface area contributed by atoms with Crippen LogP contribution in [0.5, 0.6) is 0 Å². The third kappa shape index (κ3) is 2.96. The third-order valence-electron chi connectivity index (χ3n) is 2.18. The molecule has 100 valence electrons. The van der Waals surface area contributed by atoms with Crippen LogP contribution in [0, 0.1) is 0 Å². The molecule has 2 heterocycles. The summed E-state index contributed by atoms with van der Waals surface area (Å²) >= 11 is 9.46. The van der Waals surface area contributed by atoms with Crippen LogP contribution in [0.4, 0.5) is 0 Å². The number of nitrogens with zero attached hydrogens (tertiary/aromatic N) is 1. The van der Waals surface area contributed by atoms with E-state index in [2.05, 4.69) is 41.6 Å². The van der Waals surface area contributed by atoms with E-state index in [1.54, 1.807) is 0 Å². The van der Waals surface area contributed by atoms with E-state index in [1.165, 1.54) is 36.7 Å². The molecule has 0 aliphatic heterocycles. The Morgan fingerprint density at radius 1 is 1.32 bits per heavy atom. The number of ether oxygens (including phenoxy) is 1. The second-order valence-corrected chi connectivity index (χ2v) is 7.70. The summed E-state index contributed by atoms with van der Waals surface area (Å²) in [5.41, 5.74) is 0.0793. The Morgan fingerprint density at radius 2 is 2.00 bits per heavy atom. The lowest BCUT2D eigenvalue weighted by Gasteiger charge is -1.95. The summed E-state index contributed by atoms with van der Waals surface area (Å²) in [7, 11) is 1.27. The highest BCUT2D eigenvalue weighted by Gasteiger charge is 2.23. The lowest BCUT2D eigenvalue weighted by molar-refractivity contribution is 0.0591. The van der Waals surface area contributed by atoms with Crippen LogP contribution in [0.1, 0.15) is 27.1 Å². The molecule has 0 bridgehead atoms. The molecule has 0 unspecified atom stereocenters. The van der Waals surface area contributed by atoms with E-state index in [9.17, 15) is 9.59 Å². The Morgan fingerprint density at radius 3 is 2.47 bits per heavy atom. The van der Waals surface area contributed by atoms with Gasteiger partial charge in [0.25, 0.3) is 0 Å². The maximum absolute atomic E-state index is 11.6. The van der Waals surface area contributed by atoms with Gasteiger partial charge in [0.15, 0.2) is 11.5 Å². The fourth-order valence-electron chi connectivity index (χ4n) is 1.35. The van der Waals surface area contributed by atoms with E-state index in [0.29, 0.717) is 9.88 Å². The largest absolute Gasteiger partial charge is 0.464 e. The van der Waals surface area contributed by atoms with E-state index < -0.39 is 5.97 Å². The summed E-state index contributed by atoms with van der Waals surface area (Å²) in [5, 5.41) is 0.627. The molecule has 2 rings (SSSR count). The summed E-state index contributed by atoms with van der Waals surface area (Å²) < 4.78 is 6.48. The van der Waals surface area contributed by atoms with E-state index in [4.69, 9.17) is 0 Å². The van der Waals surface area contributed by atoms with Gasteiger partial charge in [0.1, 0.15) is 9.88 Å². The van der Waals surface area contributed by atoms with E-state index in [1.807, 2.05) is 6.07 Å². The van der Waals surface area contributed by atoms with Crippen molar-refractivity contribution >= 4 is 66.3 Å². The highest BCUT2D eigenvalue weighted by Crippen LogP contribution is 2.40. The van der Waals surface area contributed by atoms with Crippen molar-refractivity contribution in [3.8, 4) is 9.88 Å². The lowest BCUT2D eigenvalue weighted by Crippen LogP contribution is -2.06. The summed E-state index contributed by atoms with van der Waals surface area (Å²) in [5.74, 6) is -0.791. The molecule has 0 radical (unpaired) electrons. The highest BCUT2D eigenvalue weighted by molar-refractivity contribution is 9.13. The molecule has 0 fully saturated rings. The number of aromatic nitrogens is 1. The maximum Gasteiger partial charge on any atom is 0.358 e. The number of carbonyl (C=O) groups is 2. The molecule has 2 aromatic rings. The maximum atomic E-state index is 11.6. The number of esters is 1. The molecule has 0 saturated heterocycles. The van der Waals surface area contributed by atoms with E-state index >= 15 is 0 Å². The molecule has 0 atom stereocenters. The van der Waals surface area contributed by atoms with Crippen LogP contribution in [0.15, 0.2) is 14.3 Å². The number of hydrogen-bond acceptors (Lipinski definition) is 6. The van der Waals surface area contributed by atoms with Crippen molar-refractivity contribution in [2.45, 2.75) is 6.92 Å². The van der Waals surface area contributed by atoms with Crippen molar-refractivity contribution in [1.29, 1.82) is 0 Å². The number of thiophene rings is 1. The van der Waals surface area contributed by atoms with Gasteiger partial charge in [0.05, 0.1) is 15.8 Å². The van der Waals surface area contributed by atoms with Crippen LogP contribution in [0.25, 0.3) is 9.88 Å². The van der Waals surface area contributed by atoms with Gasteiger partial charge in [-0.15, -0.1) is 22.7 Å². The monoisotopic (exact) mass is 423 g/mol. The van der Waals surface area contributed by atoms with Crippen molar-refractivity contribution in [3.05, 3.63) is 24.9 Å². The van der Waals surface area contributed by atoms with Gasteiger partial charge in [-0.1, -0.05) is 0 Å². The molecule has 2 aromatic heterocycles. The number of halogens is 2. The molecule has 0 aliphatic carbocycles. The van der Waals surface area contributed by atoms with Crippen LogP contribution in [0.3, 0.4) is 0 Å². The van der Waals surface area contributed by atoms with Crippen molar-refractivity contribution in [2.24, 2.45) is 0 Å². The molecule has 0 saturated carbocycles. The first kappa shape index (κ1) is 14.8. The van der Waals surface area contributed by atoms with Crippen molar-refractivity contribution in [1.82, 2.24) is 4.98 Å². The van der Waals surface area contributed by atoms with Gasteiger partial charge in [0, 0.05) is 11.4 Å². The second-order valence-electron chi connectivity index (χ2n) is 3.48. The quantitative estimate of drug-likeness (QED) is 0.541. The van der Waals surface area contributed by atoms with Crippen LogP contribution in [-0.2, 0) is 4.74 Å². The minimum Gasteiger partial charge on any atom is -0.464 e. The fraction of sp³-hybridized carbons (Fsp3) is 0.182. The predicted octanol–water partition coefficient (Wildman–Crippen LogP) is 4.39. The van der Waals surface area contributed by atoms with Crippen molar-refractivity contribution in [2.75, 3.05) is 7.11 Å². The SMILES string of the molecule is COC(=O)c1nc(-c2cc(Br)c(Br)s2)sc1C(C)=O. The van der Waals surface area contributed by atoms with E-state index in [-0.39, 0.29) is 11.5 Å². The fourth-order valence-corrected chi connectivity index (χ4v) is 4.38. The van der Waals surface area contributed by atoms with Crippen LogP contribution >= 0.6 is 54.5 Å². The Bertz CT molecular complexity index is 643. The number of ketones is 1. The van der Waals surface area contributed by atoms with Gasteiger partial charge >= 0.3 is 5.97 Å². The first-order valence-electron chi connectivity index (χ1n) is 4.99. The Hall–Kier alpha value is -0.570. The predicted molar refractivity (Wildman–Crippen MR) is 82.2 cm³/mol. The highest BCUT2D eigenvalue weighted by atomic mass is 79.9. The summed E-state index contributed by atoms with van der Waals surface area (Å²) in [6.45, 7) is 1.41. The van der Waals surface area contributed by atoms with Gasteiger partial charge < -0.3 is 4.74 Å². The molecule has 4 nitrogen and oxygen atoms in total. The Labute approximate surface area is 134 Å². The lowest BCUT2D eigenvalue weighted by atomic mass is 10.3. The number of rotatable bonds is 3. The Kier molecular flexibility index (Phi) is 4.54. The van der Waals surface area contributed by atoms with E-state index in [0.717, 1.165) is 13.1 Å². The van der Waals surface area contributed by atoms with Gasteiger partial charge in [-0.2, -0.15) is 0 Å². The smallest absolute Gasteiger partial charge is 0.358 e. The molecule has 19 heavy (non-hydrogen) atoms. The molecular weight excluding hydrogens is 418 g/mol. The first-order valence-corrected chi connectivity index (χ1v) is 8.21. The summed E-state index contributed by atoms with van der Waals surface area (Å²) in [6, 6.07) is 1.89. The first-order chi connectivity index (χ1) is 8.93. The van der Waals surface area contributed by atoms with Gasteiger partial charge in [-0.3, -0.25) is 4.79 Å². The number of methoxy groups -OCH3 is 1. The van der Waals surface area contributed by atoms with Crippen LogP contribution < -0.4 is 0 Å². The van der Waals surface area contributed by atoms with Gasteiger partial charge in [-0.05, 0) is 37.9 Å². The van der Waals surface area contributed by atoms with Crippen molar-refractivity contribution in [3.63, 3.8) is 0 Å². The zero-order chi connectivity index (χ0) is 14.2. The normalized spacial score (nSPS) is 10.5. The summed E-state index contributed by atoms with van der Waals surface area (Å²) in [4.78, 5) is 28.6. The molecule has 0 aliphatic rings. The minimum absolute atomic E-state index is 0.0793. The average Bonchev–Trinajstić information content (AvgIpc) is 2.93. The molecule has 0 aromatic carbocycles. The van der Waals surface area contributed by atoms with Gasteiger partial charge in [0.2, 0.25) is 0 Å². The number of thiazole rings is 1. The van der Waals surface area contributed by atoms with Crippen molar-refractivity contribution < 1.29 is 14.3 Å². The zero-order valence-electron chi connectivity index (χ0n) is 9.82. The zero-order valence-corrected chi connectivity index (χ0v) is 14.6. The Balaban J connectivity index is 2.54. The molecular formula is C11H7Br2NO3S2. The molecule has 8 heteroatoms. The number of Topliss-reactive ketones (excluding diaryl/α,β-unsaturated/α-hetero) is 1. The second kappa shape index (κ2) is 5.82.